The van der Waals surface area contributed by atoms with Crippen LogP contribution in [-0.4, -0.2) is 52.1 Å². The Morgan fingerprint density at radius 1 is 1.28 bits per heavy atom. The van der Waals surface area contributed by atoms with Crippen molar-refractivity contribution in [3.05, 3.63) is 34.4 Å². The number of amides is 1. The normalized spacial score (nSPS) is 21.2. The van der Waals surface area contributed by atoms with Crippen LogP contribution >= 0.6 is 0 Å². The maximum atomic E-state index is 12.6. The van der Waals surface area contributed by atoms with Crippen molar-refractivity contribution in [3.8, 4) is 0 Å². The first kappa shape index (κ1) is 19.4. The van der Waals surface area contributed by atoms with Gasteiger partial charge in [-0.25, -0.2) is 5.06 Å². The van der Waals surface area contributed by atoms with Crippen LogP contribution in [0.3, 0.4) is 0 Å². The molecule has 0 saturated carbocycles. The summed E-state index contributed by atoms with van der Waals surface area (Å²) in [7, 11) is 1.45. The van der Waals surface area contributed by atoms with E-state index in [0.29, 0.717) is 18.0 Å². The van der Waals surface area contributed by atoms with Gasteiger partial charge in [0, 0.05) is 6.54 Å². The lowest BCUT2D eigenvalue weighted by atomic mass is 9.94. The molecule has 1 amide bonds. The van der Waals surface area contributed by atoms with E-state index in [1.54, 1.807) is 0 Å². The molecule has 0 aliphatic carbocycles. The number of piperidine rings is 1. The Hall–Kier alpha value is -1.96. The molecule has 1 aromatic carbocycles. The van der Waals surface area contributed by atoms with Crippen LogP contribution in [-0.2, 0) is 20.8 Å². The second kappa shape index (κ2) is 7.95. The zero-order valence-electron chi connectivity index (χ0n) is 15.2. The summed E-state index contributed by atoms with van der Waals surface area (Å²) in [6.07, 6.45) is -0.214. The predicted molar refractivity (Wildman–Crippen MR) is 90.9 cm³/mol. The number of hydrogen-bond acceptors (Lipinski definition) is 5. The lowest BCUT2D eigenvalue weighted by molar-refractivity contribution is -0.272. The van der Waals surface area contributed by atoms with E-state index >= 15 is 0 Å². The summed E-state index contributed by atoms with van der Waals surface area (Å²) in [5, 5.41) is 21.7. The average molecular weight is 350 g/mol. The number of benzene rings is 1. The third-order valence-corrected chi connectivity index (χ3v) is 4.82. The quantitative estimate of drug-likeness (QED) is 0.624. The number of carboxylic acids is 1. The van der Waals surface area contributed by atoms with Crippen molar-refractivity contribution >= 4 is 11.9 Å². The van der Waals surface area contributed by atoms with Crippen molar-refractivity contribution in [2.75, 3.05) is 13.7 Å². The van der Waals surface area contributed by atoms with Gasteiger partial charge in [-0.05, 0) is 50.3 Å². The summed E-state index contributed by atoms with van der Waals surface area (Å²) in [4.78, 5) is 29.0. The molecular formula is C18H26N2O5. The van der Waals surface area contributed by atoms with Crippen LogP contribution in [0, 0.1) is 26.7 Å². The Balaban J connectivity index is 2.16. The fourth-order valence-electron chi connectivity index (χ4n) is 3.47. The third kappa shape index (κ3) is 4.36. The van der Waals surface area contributed by atoms with Gasteiger partial charge >= 0.3 is 5.97 Å². The van der Waals surface area contributed by atoms with Gasteiger partial charge in [0.1, 0.15) is 6.17 Å². The third-order valence-electron chi connectivity index (χ3n) is 4.82. The van der Waals surface area contributed by atoms with Crippen LogP contribution in [0.2, 0.25) is 0 Å². The van der Waals surface area contributed by atoms with Crippen molar-refractivity contribution in [3.63, 3.8) is 0 Å². The van der Waals surface area contributed by atoms with Gasteiger partial charge in [-0.1, -0.05) is 17.7 Å². The number of carboxylic acid groups (broad SMARTS) is 1. The highest BCUT2D eigenvalue weighted by atomic mass is 16.7. The molecule has 1 fully saturated rings. The maximum Gasteiger partial charge on any atom is 0.306 e. The number of aryl methyl sites for hydroxylation is 3. The minimum Gasteiger partial charge on any atom is -0.481 e. The minimum absolute atomic E-state index is 0.0558. The van der Waals surface area contributed by atoms with E-state index in [-0.39, 0.29) is 12.8 Å². The minimum atomic E-state index is -0.924. The van der Waals surface area contributed by atoms with E-state index in [1.165, 1.54) is 12.2 Å². The van der Waals surface area contributed by atoms with E-state index in [1.807, 2.05) is 32.9 Å². The highest BCUT2D eigenvalue weighted by Crippen LogP contribution is 2.26. The van der Waals surface area contributed by atoms with Gasteiger partial charge in [0.05, 0.1) is 19.4 Å². The number of carbonyl (C=O) groups excluding carboxylic acids is 1. The molecule has 1 aliphatic rings. The Kier molecular flexibility index (Phi) is 6.16. The van der Waals surface area contributed by atoms with E-state index in [9.17, 15) is 19.9 Å². The summed E-state index contributed by atoms with van der Waals surface area (Å²) in [6.45, 7) is 6.21. The van der Waals surface area contributed by atoms with Gasteiger partial charge in [-0.2, -0.15) is 5.06 Å². The molecule has 25 heavy (non-hydrogen) atoms. The Morgan fingerprint density at radius 2 is 1.88 bits per heavy atom. The molecule has 2 rings (SSSR count). The van der Waals surface area contributed by atoms with Crippen LogP contribution in [0.4, 0.5) is 0 Å². The van der Waals surface area contributed by atoms with Crippen molar-refractivity contribution in [1.82, 2.24) is 10.1 Å². The number of rotatable bonds is 5. The Labute approximate surface area is 147 Å². The molecule has 7 heteroatoms. The molecule has 0 bridgehead atoms. The molecule has 138 valence electrons. The molecule has 7 nitrogen and oxygen atoms in total. The predicted octanol–water partition coefficient (Wildman–Crippen LogP) is 2.06. The molecule has 1 saturated heterocycles. The summed E-state index contributed by atoms with van der Waals surface area (Å²) in [5.41, 5.74) is 3.99. The van der Waals surface area contributed by atoms with Crippen molar-refractivity contribution < 1.29 is 24.7 Å². The average Bonchev–Trinajstić information content (AvgIpc) is 2.56. The van der Waals surface area contributed by atoms with E-state index in [0.717, 1.165) is 22.3 Å². The molecule has 1 heterocycles. The first-order valence-corrected chi connectivity index (χ1v) is 8.35. The van der Waals surface area contributed by atoms with Crippen LogP contribution in [0.25, 0.3) is 0 Å². The number of hydrogen-bond donors (Lipinski definition) is 2. The van der Waals surface area contributed by atoms with Gasteiger partial charge < -0.3 is 9.94 Å². The number of nitrogens with zero attached hydrogens (tertiary/aromatic N) is 2. The topological polar surface area (TPSA) is 90.3 Å². The first-order valence-electron chi connectivity index (χ1n) is 8.35. The van der Waals surface area contributed by atoms with Gasteiger partial charge in [0.2, 0.25) is 0 Å². The summed E-state index contributed by atoms with van der Waals surface area (Å²) in [6, 6.07) is 4.00. The summed E-state index contributed by atoms with van der Waals surface area (Å²) >= 11 is 0. The number of carbonyl (C=O) groups is 2. The highest BCUT2D eigenvalue weighted by molar-refractivity contribution is 5.79. The zero-order valence-corrected chi connectivity index (χ0v) is 15.2. The SMILES string of the molecule is CON1CCC(C(=O)O)CC1N(O)C(=O)Cc1c(C)cc(C)cc1C. The largest absolute Gasteiger partial charge is 0.481 e. The molecule has 2 atom stereocenters. The van der Waals surface area contributed by atoms with Crippen molar-refractivity contribution in [2.45, 2.75) is 46.2 Å². The molecular weight excluding hydrogens is 324 g/mol. The fraction of sp³-hybridized carbons (Fsp3) is 0.556. The van der Waals surface area contributed by atoms with Crippen molar-refractivity contribution in [1.29, 1.82) is 0 Å². The smallest absolute Gasteiger partial charge is 0.306 e. The molecule has 0 radical (unpaired) electrons. The molecule has 1 aromatic rings. The number of hydroxylamine groups is 4. The summed E-state index contributed by atoms with van der Waals surface area (Å²) in [5.74, 6) is -2.01. The maximum absolute atomic E-state index is 12.6. The highest BCUT2D eigenvalue weighted by Gasteiger charge is 2.37. The van der Waals surface area contributed by atoms with E-state index in [4.69, 9.17) is 4.84 Å². The van der Waals surface area contributed by atoms with Crippen LogP contribution < -0.4 is 0 Å². The van der Waals surface area contributed by atoms with Gasteiger partial charge in [-0.15, -0.1) is 0 Å². The van der Waals surface area contributed by atoms with Gasteiger partial charge in [0.25, 0.3) is 5.91 Å². The van der Waals surface area contributed by atoms with E-state index < -0.39 is 24.0 Å². The lowest BCUT2D eigenvalue weighted by Crippen LogP contribution is -2.54. The van der Waals surface area contributed by atoms with Crippen LogP contribution in [0.1, 0.15) is 35.1 Å². The molecule has 0 aromatic heterocycles. The second-order valence-electron chi connectivity index (χ2n) is 6.66. The molecule has 2 N–H and O–H groups in total. The van der Waals surface area contributed by atoms with E-state index in [2.05, 4.69) is 0 Å². The van der Waals surface area contributed by atoms with Crippen LogP contribution in [0.15, 0.2) is 12.1 Å². The van der Waals surface area contributed by atoms with Crippen LogP contribution in [0.5, 0.6) is 0 Å². The monoisotopic (exact) mass is 350 g/mol. The first-order chi connectivity index (χ1) is 11.7. The molecule has 1 aliphatic heterocycles. The number of aliphatic carboxylic acids is 1. The standard InChI is InChI=1S/C18H26N2O5/c1-11-7-12(2)15(13(3)8-11)10-17(21)20(24)16-9-14(18(22)23)5-6-19(16)25-4/h7-8,14,16,24H,5-6,9-10H2,1-4H3,(H,22,23). The lowest BCUT2D eigenvalue weighted by Gasteiger charge is -2.39. The summed E-state index contributed by atoms with van der Waals surface area (Å²) < 4.78 is 0. The van der Waals surface area contributed by atoms with Gasteiger partial charge in [0.15, 0.2) is 0 Å². The Bertz CT molecular complexity index is 638. The molecule has 2 unspecified atom stereocenters. The van der Waals surface area contributed by atoms with Gasteiger partial charge in [-0.3, -0.25) is 14.8 Å². The van der Waals surface area contributed by atoms with Crippen molar-refractivity contribution in [2.24, 2.45) is 5.92 Å². The zero-order chi connectivity index (χ0) is 18.7. The molecule has 0 spiro atoms. The fourth-order valence-corrected chi connectivity index (χ4v) is 3.47. The Morgan fingerprint density at radius 3 is 2.40 bits per heavy atom. The second-order valence-corrected chi connectivity index (χ2v) is 6.66.